The number of alkyl halides is 2. The number of hydrogen-bond donors (Lipinski definition) is 1. The topological polar surface area (TPSA) is 55.6 Å². The van der Waals surface area contributed by atoms with Gasteiger partial charge in [-0.2, -0.15) is 0 Å². The van der Waals surface area contributed by atoms with Crippen LogP contribution in [0.1, 0.15) is 26.2 Å². The molecule has 6 heteroatoms. The molecule has 1 amide bonds. The Bertz CT molecular complexity index is 204. The molecule has 0 saturated heterocycles. The lowest BCUT2D eigenvalue weighted by atomic mass is 10.3. The molecular formula is C11H22F2N2O2. The molecule has 0 rings (SSSR count). The quantitative estimate of drug-likeness (QED) is 0.595. The minimum Gasteiger partial charge on any atom is -0.375 e. The monoisotopic (exact) mass is 252 g/mol. The number of unbranched alkanes of at least 4 members (excludes halogenated alkanes) is 1. The number of nitrogens with zero attached hydrogens (tertiary/aromatic N) is 1. The van der Waals surface area contributed by atoms with Gasteiger partial charge in [-0.15, -0.1) is 0 Å². The zero-order valence-corrected chi connectivity index (χ0v) is 10.3. The van der Waals surface area contributed by atoms with Crippen molar-refractivity contribution in [3.63, 3.8) is 0 Å². The summed E-state index contributed by atoms with van der Waals surface area (Å²) in [6.07, 6.45) is -0.429. The van der Waals surface area contributed by atoms with Crippen molar-refractivity contribution in [1.82, 2.24) is 4.90 Å². The second-order valence-corrected chi connectivity index (χ2v) is 3.74. The lowest BCUT2D eigenvalue weighted by Gasteiger charge is -2.21. The van der Waals surface area contributed by atoms with Crippen molar-refractivity contribution in [2.24, 2.45) is 5.73 Å². The van der Waals surface area contributed by atoms with E-state index in [-0.39, 0.29) is 18.9 Å². The smallest absolute Gasteiger partial charge is 0.261 e. The average molecular weight is 252 g/mol. The first-order chi connectivity index (χ1) is 8.11. The fourth-order valence-electron chi connectivity index (χ4n) is 1.36. The highest BCUT2D eigenvalue weighted by Crippen LogP contribution is 2.00. The van der Waals surface area contributed by atoms with Gasteiger partial charge in [-0.05, 0) is 6.42 Å². The first-order valence-electron chi connectivity index (χ1n) is 5.95. The van der Waals surface area contributed by atoms with E-state index in [4.69, 9.17) is 5.73 Å². The zero-order chi connectivity index (χ0) is 13.1. The summed E-state index contributed by atoms with van der Waals surface area (Å²) in [5.41, 5.74) is 5.41. The Morgan fingerprint density at radius 2 is 2.12 bits per heavy atom. The molecule has 0 aromatic heterocycles. The van der Waals surface area contributed by atoms with Crippen LogP contribution in [0.5, 0.6) is 0 Å². The molecule has 0 radical (unpaired) electrons. The van der Waals surface area contributed by atoms with Crippen molar-refractivity contribution in [2.45, 2.75) is 32.6 Å². The van der Waals surface area contributed by atoms with Gasteiger partial charge < -0.3 is 15.4 Å². The fraction of sp³-hybridized carbons (Fsp3) is 0.909. The molecule has 0 aliphatic rings. The van der Waals surface area contributed by atoms with Gasteiger partial charge in [-0.25, -0.2) is 8.78 Å². The maximum Gasteiger partial charge on any atom is 0.261 e. The summed E-state index contributed by atoms with van der Waals surface area (Å²) in [5, 5.41) is 0. The van der Waals surface area contributed by atoms with Crippen LogP contribution in [0.25, 0.3) is 0 Å². The Kier molecular flexibility index (Phi) is 9.95. The lowest BCUT2D eigenvalue weighted by molar-refractivity contribution is -0.132. The Morgan fingerprint density at radius 1 is 1.41 bits per heavy atom. The van der Waals surface area contributed by atoms with Gasteiger partial charge in [0.25, 0.3) is 6.43 Å². The SMILES string of the molecule is CCCCN(CCN)C(=O)CCOCC(F)F. The normalized spacial score (nSPS) is 10.9. The van der Waals surface area contributed by atoms with Crippen LogP contribution < -0.4 is 5.73 Å². The summed E-state index contributed by atoms with van der Waals surface area (Å²) in [6, 6.07) is 0. The number of hydrogen-bond acceptors (Lipinski definition) is 3. The van der Waals surface area contributed by atoms with Crippen LogP contribution in [0.2, 0.25) is 0 Å². The number of carbonyl (C=O) groups excluding carboxylic acids is 1. The van der Waals surface area contributed by atoms with Gasteiger partial charge in [0.2, 0.25) is 5.91 Å². The van der Waals surface area contributed by atoms with Crippen molar-refractivity contribution in [1.29, 1.82) is 0 Å². The van der Waals surface area contributed by atoms with Gasteiger partial charge in [0, 0.05) is 19.6 Å². The zero-order valence-electron chi connectivity index (χ0n) is 10.3. The second kappa shape index (κ2) is 10.4. The molecule has 0 fully saturated rings. The van der Waals surface area contributed by atoms with Crippen LogP contribution in [0, 0.1) is 0 Å². The molecule has 0 aromatic rings. The van der Waals surface area contributed by atoms with Crippen LogP contribution in [0.3, 0.4) is 0 Å². The first-order valence-corrected chi connectivity index (χ1v) is 5.95. The first kappa shape index (κ1) is 16.2. The highest BCUT2D eigenvalue weighted by atomic mass is 19.3. The van der Waals surface area contributed by atoms with E-state index >= 15 is 0 Å². The molecule has 0 bridgehead atoms. The van der Waals surface area contributed by atoms with Crippen LogP contribution in [-0.2, 0) is 9.53 Å². The van der Waals surface area contributed by atoms with Crippen molar-refractivity contribution in [3.05, 3.63) is 0 Å². The van der Waals surface area contributed by atoms with Gasteiger partial charge in [0.15, 0.2) is 0 Å². The molecule has 0 spiro atoms. The van der Waals surface area contributed by atoms with Gasteiger partial charge in [-0.1, -0.05) is 13.3 Å². The molecule has 0 atom stereocenters. The summed E-state index contributed by atoms with van der Waals surface area (Å²) in [6.45, 7) is 3.05. The Balaban J connectivity index is 3.80. The molecule has 0 unspecified atom stereocenters. The summed E-state index contributed by atoms with van der Waals surface area (Å²) in [4.78, 5) is 13.3. The number of ether oxygens (including phenoxy) is 1. The molecule has 0 aliphatic heterocycles. The molecule has 0 aromatic carbocycles. The standard InChI is InChI=1S/C11H22F2N2O2/c1-2-3-6-15(7-5-14)11(16)4-8-17-9-10(12)13/h10H,2-9,14H2,1H3. The summed E-state index contributed by atoms with van der Waals surface area (Å²) < 4.78 is 28.2. The number of carbonyl (C=O) groups is 1. The summed E-state index contributed by atoms with van der Waals surface area (Å²) >= 11 is 0. The predicted octanol–water partition coefficient (Wildman–Crippen LogP) is 1.25. The van der Waals surface area contributed by atoms with Crippen molar-refractivity contribution >= 4 is 5.91 Å². The number of amides is 1. The van der Waals surface area contributed by atoms with Crippen LogP contribution in [-0.4, -0.2) is 50.1 Å². The molecule has 0 saturated carbocycles. The minimum atomic E-state index is -2.48. The van der Waals surface area contributed by atoms with E-state index in [1.54, 1.807) is 4.90 Å². The Labute approximate surface area is 101 Å². The Morgan fingerprint density at radius 3 is 2.65 bits per heavy atom. The van der Waals surface area contributed by atoms with Gasteiger partial charge in [0.1, 0.15) is 6.61 Å². The van der Waals surface area contributed by atoms with E-state index in [1.165, 1.54) is 0 Å². The number of rotatable bonds is 10. The third kappa shape index (κ3) is 9.00. The van der Waals surface area contributed by atoms with Crippen molar-refractivity contribution in [3.8, 4) is 0 Å². The third-order valence-corrected chi connectivity index (χ3v) is 2.24. The van der Waals surface area contributed by atoms with E-state index in [9.17, 15) is 13.6 Å². The maximum absolute atomic E-state index is 11.8. The average Bonchev–Trinajstić information content (AvgIpc) is 2.29. The largest absolute Gasteiger partial charge is 0.375 e. The van der Waals surface area contributed by atoms with E-state index in [1.807, 2.05) is 6.92 Å². The molecule has 102 valence electrons. The highest BCUT2D eigenvalue weighted by Gasteiger charge is 2.12. The van der Waals surface area contributed by atoms with Crippen LogP contribution in [0.4, 0.5) is 8.78 Å². The van der Waals surface area contributed by atoms with E-state index in [2.05, 4.69) is 4.74 Å². The molecule has 0 heterocycles. The van der Waals surface area contributed by atoms with Crippen LogP contribution in [0.15, 0.2) is 0 Å². The number of nitrogens with two attached hydrogens (primary N) is 1. The highest BCUT2D eigenvalue weighted by molar-refractivity contribution is 5.76. The molecule has 0 aliphatic carbocycles. The maximum atomic E-state index is 11.8. The molecule has 17 heavy (non-hydrogen) atoms. The number of halogens is 2. The minimum absolute atomic E-state index is 0.0381. The molecule has 4 nitrogen and oxygen atoms in total. The second-order valence-electron chi connectivity index (χ2n) is 3.74. The summed E-state index contributed by atoms with van der Waals surface area (Å²) in [5.74, 6) is -0.0850. The van der Waals surface area contributed by atoms with Crippen molar-refractivity contribution in [2.75, 3.05) is 32.8 Å². The van der Waals surface area contributed by atoms with Gasteiger partial charge in [0.05, 0.1) is 13.0 Å². The van der Waals surface area contributed by atoms with Crippen molar-refractivity contribution < 1.29 is 18.3 Å². The lowest BCUT2D eigenvalue weighted by Crippen LogP contribution is -2.36. The fourth-order valence-corrected chi connectivity index (χ4v) is 1.36. The van der Waals surface area contributed by atoms with E-state index in [0.29, 0.717) is 19.6 Å². The summed E-state index contributed by atoms with van der Waals surface area (Å²) in [7, 11) is 0. The molecule has 2 N–H and O–H groups in total. The third-order valence-electron chi connectivity index (χ3n) is 2.24. The van der Waals surface area contributed by atoms with E-state index in [0.717, 1.165) is 12.8 Å². The predicted molar refractivity (Wildman–Crippen MR) is 62.0 cm³/mol. The van der Waals surface area contributed by atoms with E-state index < -0.39 is 13.0 Å². The Hall–Kier alpha value is -0.750. The van der Waals surface area contributed by atoms with Crippen LogP contribution >= 0.6 is 0 Å². The molecular weight excluding hydrogens is 230 g/mol. The van der Waals surface area contributed by atoms with Gasteiger partial charge >= 0.3 is 0 Å². The van der Waals surface area contributed by atoms with Gasteiger partial charge in [-0.3, -0.25) is 4.79 Å².